The van der Waals surface area contributed by atoms with E-state index < -0.39 is 0 Å². The van der Waals surface area contributed by atoms with Gasteiger partial charge in [0.2, 0.25) is 0 Å². The quantitative estimate of drug-likeness (QED) is 0.168. The third-order valence-electron chi connectivity index (χ3n) is 10.8. The highest BCUT2D eigenvalue weighted by Gasteiger charge is 2.19. The lowest BCUT2D eigenvalue weighted by Crippen LogP contribution is -2.00. The molecule has 11 aromatic rings. The molecule has 0 bridgehead atoms. The van der Waals surface area contributed by atoms with Gasteiger partial charge < -0.3 is 4.57 Å². The van der Waals surface area contributed by atoms with Gasteiger partial charge in [-0.05, 0) is 85.9 Å². The third-order valence-corrected chi connectivity index (χ3v) is 10.8. The molecule has 0 aliphatic rings. The SMILES string of the molecule is c1ccc(-c2cccc(-n3c4ccc(-c5nc(-c6ccccc6)nc(-c6ccccc6)n5)cc4c4cc5c6ccccc6c6ccccc6c5cc43)c2)cc1. The van der Waals surface area contributed by atoms with Gasteiger partial charge in [-0.25, -0.2) is 15.0 Å². The zero-order valence-corrected chi connectivity index (χ0v) is 29.8. The molecule has 0 atom stereocenters. The van der Waals surface area contributed by atoms with Crippen LogP contribution < -0.4 is 0 Å². The Morgan fingerprint density at radius 1 is 0.255 bits per heavy atom. The van der Waals surface area contributed by atoms with Gasteiger partial charge in [-0.15, -0.1) is 0 Å². The minimum atomic E-state index is 0.638. The molecule has 4 heteroatoms. The van der Waals surface area contributed by atoms with Gasteiger partial charge in [0.25, 0.3) is 0 Å². The molecular weight excluding hydrogens is 669 g/mol. The van der Waals surface area contributed by atoms with E-state index in [0.717, 1.165) is 38.8 Å². The van der Waals surface area contributed by atoms with E-state index >= 15 is 0 Å². The lowest BCUT2D eigenvalue weighted by atomic mass is 9.93. The Morgan fingerprint density at radius 3 is 1.29 bits per heavy atom. The monoisotopic (exact) mass is 700 g/mol. The fourth-order valence-corrected chi connectivity index (χ4v) is 8.23. The van der Waals surface area contributed by atoms with Gasteiger partial charge in [-0.2, -0.15) is 0 Å². The molecule has 0 fully saturated rings. The van der Waals surface area contributed by atoms with Gasteiger partial charge in [0.1, 0.15) is 0 Å². The van der Waals surface area contributed by atoms with Crippen LogP contribution in [0.1, 0.15) is 0 Å². The summed E-state index contributed by atoms with van der Waals surface area (Å²) in [5.74, 6) is 1.93. The van der Waals surface area contributed by atoms with Gasteiger partial charge in [0.15, 0.2) is 17.5 Å². The summed E-state index contributed by atoms with van der Waals surface area (Å²) in [6.07, 6.45) is 0. The topological polar surface area (TPSA) is 43.6 Å². The zero-order valence-electron chi connectivity index (χ0n) is 29.8. The lowest BCUT2D eigenvalue weighted by Gasteiger charge is -2.13. The number of rotatable bonds is 5. The summed E-state index contributed by atoms with van der Waals surface area (Å²) >= 11 is 0. The molecular formula is C51H32N4. The molecule has 0 amide bonds. The fraction of sp³-hybridized carbons (Fsp3) is 0. The number of fused-ring (bicyclic) bond motifs is 9. The molecule has 0 aliphatic heterocycles. The van der Waals surface area contributed by atoms with Crippen LogP contribution in [0.25, 0.3) is 105 Å². The van der Waals surface area contributed by atoms with Gasteiger partial charge in [-0.1, -0.05) is 152 Å². The molecule has 0 radical (unpaired) electrons. The van der Waals surface area contributed by atoms with Crippen molar-refractivity contribution in [1.29, 1.82) is 0 Å². The van der Waals surface area contributed by atoms with E-state index in [1.54, 1.807) is 0 Å². The van der Waals surface area contributed by atoms with Crippen LogP contribution >= 0.6 is 0 Å². The Morgan fingerprint density at radius 2 is 0.709 bits per heavy atom. The predicted octanol–water partition coefficient (Wildman–Crippen LogP) is 13.1. The molecule has 0 unspecified atom stereocenters. The summed E-state index contributed by atoms with van der Waals surface area (Å²) < 4.78 is 2.42. The summed E-state index contributed by atoms with van der Waals surface area (Å²) in [5, 5.41) is 9.82. The van der Waals surface area contributed by atoms with Crippen LogP contribution in [0.2, 0.25) is 0 Å². The van der Waals surface area contributed by atoms with E-state index in [-0.39, 0.29) is 0 Å². The van der Waals surface area contributed by atoms with Crippen molar-refractivity contribution in [3.63, 3.8) is 0 Å². The average Bonchev–Trinajstić information content (AvgIpc) is 3.59. The molecule has 0 N–H and O–H groups in total. The van der Waals surface area contributed by atoms with Crippen molar-refractivity contribution in [2.75, 3.05) is 0 Å². The van der Waals surface area contributed by atoms with Crippen LogP contribution in [-0.2, 0) is 0 Å². The number of hydrogen-bond acceptors (Lipinski definition) is 3. The Kier molecular flexibility index (Phi) is 7.14. The Labute approximate surface area is 317 Å². The molecule has 4 nitrogen and oxygen atoms in total. The highest BCUT2D eigenvalue weighted by molar-refractivity contribution is 6.29. The summed E-state index contributed by atoms with van der Waals surface area (Å²) in [4.78, 5) is 15.1. The molecule has 0 saturated carbocycles. The molecule has 0 aliphatic carbocycles. The summed E-state index contributed by atoms with van der Waals surface area (Å²) in [6.45, 7) is 0. The number of hydrogen-bond donors (Lipinski definition) is 0. The Hall–Kier alpha value is -7.43. The normalized spacial score (nSPS) is 11.6. The Balaban J connectivity index is 1.22. The van der Waals surface area contributed by atoms with E-state index in [2.05, 4.69) is 138 Å². The second kappa shape index (κ2) is 12.6. The first-order chi connectivity index (χ1) is 27.3. The highest BCUT2D eigenvalue weighted by atomic mass is 15.0. The first-order valence-corrected chi connectivity index (χ1v) is 18.6. The van der Waals surface area contributed by atoms with E-state index in [1.807, 2.05) is 60.7 Å². The van der Waals surface area contributed by atoms with Crippen LogP contribution in [0.4, 0.5) is 0 Å². The summed E-state index contributed by atoms with van der Waals surface area (Å²) in [5.41, 5.74) is 8.57. The molecule has 0 saturated heterocycles. The van der Waals surface area contributed by atoms with Crippen molar-refractivity contribution < 1.29 is 0 Å². The maximum atomic E-state index is 5.09. The minimum absolute atomic E-state index is 0.638. The van der Waals surface area contributed by atoms with Crippen molar-refractivity contribution in [2.24, 2.45) is 0 Å². The number of aromatic nitrogens is 4. The van der Waals surface area contributed by atoms with Crippen LogP contribution in [-0.4, -0.2) is 19.5 Å². The third kappa shape index (κ3) is 5.19. The van der Waals surface area contributed by atoms with Gasteiger partial charge in [0, 0.05) is 33.2 Å². The van der Waals surface area contributed by atoms with Crippen LogP contribution in [0, 0.1) is 0 Å². The smallest absolute Gasteiger partial charge is 0.164 e. The summed E-state index contributed by atoms with van der Waals surface area (Å²) in [7, 11) is 0. The molecule has 55 heavy (non-hydrogen) atoms. The largest absolute Gasteiger partial charge is 0.309 e. The number of benzene rings is 9. The Bertz CT molecular complexity index is 3180. The fourth-order valence-electron chi connectivity index (χ4n) is 8.23. The number of nitrogens with zero attached hydrogens (tertiary/aromatic N) is 4. The lowest BCUT2D eigenvalue weighted by molar-refractivity contribution is 1.07. The van der Waals surface area contributed by atoms with Gasteiger partial charge in [0.05, 0.1) is 11.0 Å². The standard InChI is InChI=1S/C51H32N4/c1-4-15-33(16-5-1)36-21-14-22-38(29-36)55-47-28-27-37(51-53-49(34-17-6-2-7-18-34)52-50(54-51)35-19-8-3-9-20-35)30-45(47)46-31-43-41-25-12-10-23-39(41)40-24-11-13-26-42(40)44(43)32-48(46)55/h1-32H. The molecule has 9 aromatic carbocycles. The van der Waals surface area contributed by atoms with Crippen molar-refractivity contribution in [2.45, 2.75) is 0 Å². The van der Waals surface area contributed by atoms with E-state index in [4.69, 9.17) is 15.0 Å². The van der Waals surface area contributed by atoms with Gasteiger partial charge >= 0.3 is 0 Å². The molecule has 256 valence electrons. The first kappa shape index (κ1) is 31.1. The van der Waals surface area contributed by atoms with Crippen LogP contribution in [0.3, 0.4) is 0 Å². The van der Waals surface area contributed by atoms with E-state index in [0.29, 0.717) is 17.5 Å². The average molecular weight is 701 g/mol. The first-order valence-electron chi connectivity index (χ1n) is 18.6. The van der Waals surface area contributed by atoms with E-state index in [9.17, 15) is 0 Å². The van der Waals surface area contributed by atoms with Crippen molar-refractivity contribution >= 4 is 54.1 Å². The van der Waals surface area contributed by atoms with E-state index in [1.165, 1.54) is 48.8 Å². The molecule has 0 spiro atoms. The van der Waals surface area contributed by atoms with Gasteiger partial charge in [-0.3, -0.25) is 0 Å². The maximum Gasteiger partial charge on any atom is 0.164 e. The molecule has 2 heterocycles. The molecule has 11 rings (SSSR count). The predicted molar refractivity (Wildman–Crippen MR) is 228 cm³/mol. The van der Waals surface area contributed by atoms with Crippen LogP contribution in [0.15, 0.2) is 194 Å². The molecule has 2 aromatic heterocycles. The van der Waals surface area contributed by atoms with Crippen molar-refractivity contribution in [3.05, 3.63) is 194 Å². The minimum Gasteiger partial charge on any atom is -0.309 e. The summed E-state index contributed by atoms with van der Waals surface area (Å²) in [6, 6.07) is 68.8. The van der Waals surface area contributed by atoms with Crippen molar-refractivity contribution in [3.8, 4) is 51.0 Å². The zero-order chi connectivity index (χ0) is 36.3. The highest BCUT2D eigenvalue weighted by Crippen LogP contribution is 2.42. The maximum absolute atomic E-state index is 5.09. The van der Waals surface area contributed by atoms with Crippen LogP contribution in [0.5, 0.6) is 0 Å². The van der Waals surface area contributed by atoms with Crippen molar-refractivity contribution in [1.82, 2.24) is 19.5 Å². The second-order valence-electron chi connectivity index (χ2n) is 14.0. The second-order valence-corrected chi connectivity index (χ2v) is 14.0.